The highest BCUT2D eigenvalue weighted by Crippen LogP contribution is 2.46. The molecule has 0 atom stereocenters. The van der Waals surface area contributed by atoms with Gasteiger partial charge in [-0.3, -0.25) is 4.99 Å². The molecule has 0 radical (unpaired) electrons. The lowest BCUT2D eigenvalue weighted by Gasteiger charge is -2.42. The summed E-state index contributed by atoms with van der Waals surface area (Å²) in [4.78, 5) is 6.92. The summed E-state index contributed by atoms with van der Waals surface area (Å²) in [6.45, 7) is 2.78. The Morgan fingerprint density at radius 1 is 1.29 bits per heavy atom. The van der Waals surface area contributed by atoms with Gasteiger partial charge in [0.15, 0.2) is 5.96 Å². The van der Waals surface area contributed by atoms with E-state index < -0.39 is 0 Å². The Balaban J connectivity index is 1.74. The van der Waals surface area contributed by atoms with Crippen LogP contribution in [0.1, 0.15) is 24.8 Å². The first-order valence-electron chi connectivity index (χ1n) is 7.59. The molecule has 114 valence electrons. The Morgan fingerprint density at radius 3 is 2.62 bits per heavy atom. The SMILES string of the molecule is NC(=NCC1(c2ccccc2Cl)CCC1)N1CCSCC1. The van der Waals surface area contributed by atoms with Crippen molar-refractivity contribution in [3.63, 3.8) is 0 Å². The highest BCUT2D eigenvalue weighted by Gasteiger charge is 2.40. The maximum absolute atomic E-state index is 6.39. The summed E-state index contributed by atoms with van der Waals surface area (Å²) in [5.41, 5.74) is 7.53. The second-order valence-electron chi connectivity index (χ2n) is 5.89. The van der Waals surface area contributed by atoms with Gasteiger partial charge in [-0.1, -0.05) is 36.2 Å². The van der Waals surface area contributed by atoms with E-state index in [2.05, 4.69) is 17.0 Å². The molecule has 1 aliphatic heterocycles. The van der Waals surface area contributed by atoms with Crippen molar-refractivity contribution < 1.29 is 0 Å². The fourth-order valence-corrected chi connectivity index (χ4v) is 4.37. The summed E-state index contributed by atoms with van der Waals surface area (Å²) in [7, 11) is 0. The van der Waals surface area contributed by atoms with Gasteiger partial charge in [0.05, 0.1) is 6.54 Å². The molecule has 1 saturated heterocycles. The first-order valence-corrected chi connectivity index (χ1v) is 9.12. The van der Waals surface area contributed by atoms with Crippen molar-refractivity contribution in [3.05, 3.63) is 34.9 Å². The third kappa shape index (κ3) is 3.16. The number of nitrogens with two attached hydrogens (primary N) is 1. The predicted molar refractivity (Wildman–Crippen MR) is 92.4 cm³/mol. The number of thioether (sulfide) groups is 1. The van der Waals surface area contributed by atoms with Crippen LogP contribution in [-0.2, 0) is 5.41 Å². The van der Waals surface area contributed by atoms with Crippen LogP contribution in [0.4, 0.5) is 0 Å². The molecule has 0 amide bonds. The van der Waals surface area contributed by atoms with Crippen molar-refractivity contribution in [1.82, 2.24) is 4.90 Å². The molecule has 5 heteroatoms. The average molecular weight is 324 g/mol. The van der Waals surface area contributed by atoms with Gasteiger partial charge in [0.25, 0.3) is 0 Å². The Kier molecular flexibility index (Phi) is 4.65. The Bertz CT molecular complexity index is 522. The first-order chi connectivity index (χ1) is 10.2. The summed E-state index contributed by atoms with van der Waals surface area (Å²) in [5, 5.41) is 0.861. The fraction of sp³-hybridized carbons (Fsp3) is 0.562. The third-order valence-corrected chi connectivity index (χ3v) is 5.91. The number of rotatable bonds is 3. The van der Waals surface area contributed by atoms with E-state index in [0.29, 0.717) is 5.96 Å². The van der Waals surface area contributed by atoms with Gasteiger partial charge in [0.2, 0.25) is 0 Å². The van der Waals surface area contributed by atoms with Gasteiger partial charge >= 0.3 is 0 Å². The molecule has 3 nitrogen and oxygen atoms in total. The van der Waals surface area contributed by atoms with Crippen molar-refractivity contribution in [2.75, 3.05) is 31.1 Å². The Hall–Kier alpha value is -0.870. The zero-order valence-electron chi connectivity index (χ0n) is 12.2. The molecule has 0 unspecified atom stereocenters. The maximum atomic E-state index is 6.39. The number of hydrogen-bond donors (Lipinski definition) is 1. The lowest BCUT2D eigenvalue weighted by Crippen LogP contribution is -2.44. The number of benzene rings is 1. The molecule has 1 saturated carbocycles. The normalized spacial score (nSPS) is 22.0. The van der Waals surface area contributed by atoms with Gasteiger partial charge in [-0.15, -0.1) is 0 Å². The molecule has 1 aromatic carbocycles. The Labute approximate surface area is 135 Å². The van der Waals surface area contributed by atoms with Crippen LogP contribution in [0.25, 0.3) is 0 Å². The van der Waals surface area contributed by atoms with Gasteiger partial charge in [0, 0.05) is 35.0 Å². The van der Waals surface area contributed by atoms with Gasteiger partial charge in [-0.25, -0.2) is 0 Å². The van der Waals surface area contributed by atoms with Gasteiger partial charge in [-0.05, 0) is 24.5 Å². The highest BCUT2D eigenvalue weighted by atomic mass is 35.5. The number of nitrogens with zero attached hydrogens (tertiary/aromatic N) is 2. The maximum Gasteiger partial charge on any atom is 0.191 e. The number of hydrogen-bond acceptors (Lipinski definition) is 2. The average Bonchev–Trinajstić information content (AvgIpc) is 2.48. The highest BCUT2D eigenvalue weighted by molar-refractivity contribution is 7.99. The van der Waals surface area contributed by atoms with Crippen LogP contribution in [-0.4, -0.2) is 42.0 Å². The van der Waals surface area contributed by atoms with Crippen molar-refractivity contribution in [2.24, 2.45) is 10.7 Å². The Morgan fingerprint density at radius 2 is 2.00 bits per heavy atom. The summed E-state index contributed by atoms with van der Waals surface area (Å²) >= 11 is 8.38. The zero-order chi connectivity index (χ0) is 14.7. The molecule has 2 fully saturated rings. The lowest BCUT2D eigenvalue weighted by atomic mass is 9.64. The summed E-state index contributed by atoms with van der Waals surface area (Å²) in [6, 6.07) is 8.17. The third-order valence-electron chi connectivity index (χ3n) is 4.63. The van der Waals surface area contributed by atoms with E-state index >= 15 is 0 Å². The minimum atomic E-state index is 0.105. The molecule has 1 aliphatic carbocycles. The van der Waals surface area contributed by atoms with Gasteiger partial charge < -0.3 is 10.6 Å². The largest absolute Gasteiger partial charge is 0.370 e. The monoisotopic (exact) mass is 323 g/mol. The smallest absolute Gasteiger partial charge is 0.191 e. The second kappa shape index (κ2) is 6.49. The molecule has 1 aromatic rings. The van der Waals surface area contributed by atoms with E-state index in [4.69, 9.17) is 22.3 Å². The van der Waals surface area contributed by atoms with Crippen LogP contribution in [0.5, 0.6) is 0 Å². The molecule has 2 N–H and O–H groups in total. The minimum absolute atomic E-state index is 0.105. The standard InChI is InChI=1S/C16H22ClN3S/c17-14-5-2-1-4-13(14)16(6-3-7-16)12-19-15(18)20-8-10-21-11-9-20/h1-2,4-5H,3,6-12H2,(H2,18,19). The lowest BCUT2D eigenvalue weighted by molar-refractivity contribution is 0.252. The first kappa shape index (κ1) is 15.0. The minimum Gasteiger partial charge on any atom is -0.370 e. The fourth-order valence-electron chi connectivity index (χ4n) is 3.13. The molecule has 3 rings (SSSR count). The summed E-state index contributed by atoms with van der Waals surface area (Å²) < 4.78 is 0. The van der Waals surface area contributed by atoms with E-state index in [1.54, 1.807) is 0 Å². The molecular formula is C16H22ClN3S. The predicted octanol–water partition coefficient (Wildman–Crippen LogP) is 3.13. The molecule has 0 spiro atoms. The van der Waals surface area contributed by atoms with Crippen molar-refractivity contribution in [1.29, 1.82) is 0 Å². The topological polar surface area (TPSA) is 41.6 Å². The van der Waals surface area contributed by atoms with E-state index in [0.717, 1.165) is 49.0 Å². The van der Waals surface area contributed by atoms with Crippen LogP contribution in [0, 0.1) is 0 Å². The van der Waals surface area contributed by atoms with Gasteiger partial charge in [0.1, 0.15) is 0 Å². The van der Waals surface area contributed by atoms with Crippen LogP contribution in [0.15, 0.2) is 29.3 Å². The van der Waals surface area contributed by atoms with Crippen molar-refractivity contribution >= 4 is 29.3 Å². The van der Waals surface area contributed by atoms with E-state index in [9.17, 15) is 0 Å². The molecule has 2 aliphatic rings. The second-order valence-corrected chi connectivity index (χ2v) is 7.52. The number of guanidine groups is 1. The zero-order valence-corrected chi connectivity index (χ0v) is 13.8. The summed E-state index contributed by atoms with van der Waals surface area (Å²) in [6.07, 6.45) is 3.56. The summed E-state index contributed by atoms with van der Waals surface area (Å²) in [5.74, 6) is 2.99. The van der Waals surface area contributed by atoms with Crippen LogP contribution >= 0.6 is 23.4 Å². The van der Waals surface area contributed by atoms with E-state index in [1.807, 2.05) is 23.9 Å². The quantitative estimate of drug-likeness (QED) is 0.686. The van der Waals surface area contributed by atoms with E-state index in [-0.39, 0.29) is 5.41 Å². The number of aliphatic imine (C=N–C) groups is 1. The molecule has 21 heavy (non-hydrogen) atoms. The van der Waals surface area contributed by atoms with Gasteiger partial charge in [-0.2, -0.15) is 11.8 Å². The van der Waals surface area contributed by atoms with Crippen LogP contribution in [0.3, 0.4) is 0 Å². The molecule has 0 aromatic heterocycles. The molecule has 0 bridgehead atoms. The van der Waals surface area contributed by atoms with E-state index in [1.165, 1.54) is 12.0 Å². The number of halogens is 1. The molecular weight excluding hydrogens is 302 g/mol. The van der Waals surface area contributed by atoms with Crippen molar-refractivity contribution in [3.8, 4) is 0 Å². The molecule has 1 heterocycles. The van der Waals surface area contributed by atoms with Crippen LogP contribution < -0.4 is 5.73 Å². The van der Waals surface area contributed by atoms with Crippen molar-refractivity contribution in [2.45, 2.75) is 24.7 Å². The van der Waals surface area contributed by atoms with Crippen LogP contribution in [0.2, 0.25) is 5.02 Å².